The first kappa shape index (κ1) is 14.2. The first-order valence-electron chi connectivity index (χ1n) is 6.06. The largest absolute Gasteiger partial charge is 0.481 e. The van der Waals surface area contributed by atoms with Crippen LogP contribution in [0.2, 0.25) is 0 Å². The summed E-state index contributed by atoms with van der Waals surface area (Å²) in [6, 6.07) is 9.76. The van der Waals surface area contributed by atoms with Gasteiger partial charge in [0.05, 0.1) is 6.42 Å². The lowest BCUT2D eigenvalue weighted by atomic mass is 10.1. The van der Waals surface area contributed by atoms with E-state index in [0.29, 0.717) is 6.54 Å². The summed E-state index contributed by atoms with van der Waals surface area (Å²) in [5, 5.41) is 8.60. The van der Waals surface area contributed by atoms with E-state index in [0.717, 1.165) is 5.56 Å². The van der Waals surface area contributed by atoms with Crippen molar-refractivity contribution in [2.45, 2.75) is 39.3 Å². The molecule has 1 aromatic rings. The summed E-state index contributed by atoms with van der Waals surface area (Å²) in [6.07, 6.45) is -0.0583. The van der Waals surface area contributed by atoms with E-state index in [1.165, 1.54) is 0 Å². The minimum atomic E-state index is -0.938. The first-order chi connectivity index (χ1) is 8.50. The molecule has 0 unspecified atom stereocenters. The molecule has 4 heteroatoms. The fraction of sp³-hybridized carbons (Fsp3) is 0.429. The van der Waals surface area contributed by atoms with Gasteiger partial charge in [-0.15, -0.1) is 0 Å². The Hall–Kier alpha value is -1.84. The molecule has 0 spiro atoms. The van der Waals surface area contributed by atoms with Crippen molar-refractivity contribution in [2.75, 3.05) is 0 Å². The van der Waals surface area contributed by atoms with E-state index >= 15 is 0 Å². The third-order valence-corrected chi connectivity index (χ3v) is 2.69. The van der Waals surface area contributed by atoms with Gasteiger partial charge < -0.3 is 10.0 Å². The van der Waals surface area contributed by atoms with Crippen LogP contribution in [-0.4, -0.2) is 27.9 Å². The average molecular weight is 249 g/mol. The molecule has 1 N–H and O–H groups in total. The zero-order chi connectivity index (χ0) is 13.5. The van der Waals surface area contributed by atoms with Gasteiger partial charge in [-0.05, 0) is 19.4 Å². The van der Waals surface area contributed by atoms with Crippen LogP contribution in [0.15, 0.2) is 30.3 Å². The van der Waals surface area contributed by atoms with E-state index in [1.807, 2.05) is 44.2 Å². The molecular weight excluding hydrogens is 230 g/mol. The molecule has 0 saturated carbocycles. The fourth-order valence-corrected chi connectivity index (χ4v) is 1.70. The monoisotopic (exact) mass is 249 g/mol. The van der Waals surface area contributed by atoms with Crippen LogP contribution in [0.5, 0.6) is 0 Å². The molecule has 0 aliphatic carbocycles. The van der Waals surface area contributed by atoms with Crippen LogP contribution >= 0.6 is 0 Å². The van der Waals surface area contributed by atoms with Gasteiger partial charge in [0.25, 0.3) is 0 Å². The Morgan fingerprint density at radius 2 is 1.78 bits per heavy atom. The molecule has 0 radical (unpaired) electrons. The van der Waals surface area contributed by atoms with E-state index in [9.17, 15) is 9.59 Å². The quantitative estimate of drug-likeness (QED) is 0.841. The number of rotatable bonds is 6. The van der Waals surface area contributed by atoms with E-state index in [2.05, 4.69) is 0 Å². The van der Waals surface area contributed by atoms with Crippen LogP contribution < -0.4 is 0 Å². The molecule has 1 amide bonds. The highest BCUT2D eigenvalue weighted by molar-refractivity contribution is 5.80. The predicted octanol–water partition coefficient (Wildman–Crippen LogP) is 2.29. The Kier molecular flexibility index (Phi) is 5.36. The second kappa shape index (κ2) is 6.79. The average Bonchev–Trinajstić information content (AvgIpc) is 2.34. The van der Waals surface area contributed by atoms with Crippen LogP contribution in [0, 0.1) is 0 Å². The molecule has 0 aromatic heterocycles. The molecule has 0 fully saturated rings. The van der Waals surface area contributed by atoms with Crippen LogP contribution in [0.3, 0.4) is 0 Å². The second-order valence-corrected chi connectivity index (χ2v) is 4.49. The van der Waals surface area contributed by atoms with Gasteiger partial charge in [0.2, 0.25) is 5.91 Å². The van der Waals surface area contributed by atoms with Crippen molar-refractivity contribution in [1.82, 2.24) is 4.90 Å². The number of carbonyl (C=O) groups excluding carboxylic acids is 1. The van der Waals surface area contributed by atoms with Crippen molar-refractivity contribution in [1.29, 1.82) is 0 Å². The van der Waals surface area contributed by atoms with Gasteiger partial charge in [-0.3, -0.25) is 9.59 Å². The smallest absolute Gasteiger partial charge is 0.303 e. The summed E-state index contributed by atoms with van der Waals surface area (Å²) >= 11 is 0. The number of carboxylic acid groups (broad SMARTS) is 1. The van der Waals surface area contributed by atoms with Gasteiger partial charge in [-0.25, -0.2) is 0 Å². The predicted molar refractivity (Wildman–Crippen MR) is 69.0 cm³/mol. The number of carboxylic acids is 1. The molecule has 0 saturated heterocycles. The number of carbonyl (C=O) groups is 2. The molecule has 1 aromatic carbocycles. The van der Waals surface area contributed by atoms with E-state index in [4.69, 9.17) is 5.11 Å². The molecule has 0 atom stereocenters. The lowest BCUT2D eigenvalue weighted by Crippen LogP contribution is -2.36. The molecule has 1 rings (SSSR count). The highest BCUT2D eigenvalue weighted by Gasteiger charge is 2.17. The van der Waals surface area contributed by atoms with Crippen LogP contribution in [-0.2, 0) is 16.1 Å². The van der Waals surface area contributed by atoms with Crippen LogP contribution in [0.4, 0.5) is 0 Å². The number of benzene rings is 1. The lowest BCUT2D eigenvalue weighted by Gasteiger charge is -2.26. The summed E-state index contributed by atoms with van der Waals surface area (Å²) in [7, 11) is 0. The SMILES string of the molecule is CC(C)N(Cc1ccccc1)C(=O)CCC(=O)O. The van der Waals surface area contributed by atoms with Crippen molar-refractivity contribution in [3.63, 3.8) is 0 Å². The fourth-order valence-electron chi connectivity index (χ4n) is 1.70. The van der Waals surface area contributed by atoms with Crippen molar-refractivity contribution < 1.29 is 14.7 Å². The molecule has 0 aliphatic rings. The standard InChI is InChI=1S/C14H19NO3/c1-11(2)15(13(16)8-9-14(17)18)10-12-6-4-3-5-7-12/h3-7,11H,8-10H2,1-2H3,(H,17,18). The summed E-state index contributed by atoms with van der Waals surface area (Å²) in [6.45, 7) is 4.39. The third kappa shape index (κ3) is 4.57. The summed E-state index contributed by atoms with van der Waals surface area (Å²) in [4.78, 5) is 24.1. The lowest BCUT2D eigenvalue weighted by molar-refractivity contribution is -0.141. The molecule has 98 valence electrons. The highest BCUT2D eigenvalue weighted by Crippen LogP contribution is 2.10. The number of hydrogen-bond donors (Lipinski definition) is 1. The van der Waals surface area contributed by atoms with Gasteiger partial charge >= 0.3 is 5.97 Å². The Bertz CT molecular complexity index is 401. The molecule has 0 bridgehead atoms. The second-order valence-electron chi connectivity index (χ2n) is 4.49. The maximum atomic E-state index is 12.0. The van der Waals surface area contributed by atoms with Crippen molar-refractivity contribution in [2.24, 2.45) is 0 Å². The van der Waals surface area contributed by atoms with Gasteiger partial charge in [-0.2, -0.15) is 0 Å². The Morgan fingerprint density at radius 1 is 1.17 bits per heavy atom. The molecule has 0 heterocycles. The van der Waals surface area contributed by atoms with E-state index < -0.39 is 5.97 Å². The molecular formula is C14H19NO3. The van der Waals surface area contributed by atoms with Crippen molar-refractivity contribution in [3.05, 3.63) is 35.9 Å². The van der Waals surface area contributed by atoms with E-state index in [-0.39, 0.29) is 24.8 Å². The third-order valence-electron chi connectivity index (χ3n) is 2.69. The molecule has 0 aliphatic heterocycles. The van der Waals surface area contributed by atoms with E-state index in [1.54, 1.807) is 4.90 Å². The normalized spacial score (nSPS) is 10.4. The minimum absolute atomic E-state index is 0.0559. The Morgan fingerprint density at radius 3 is 2.28 bits per heavy atom. The maximum Gasteiger partial charge on any atom is 0.303 e. The zero-order valence-corrected chi connectivity index (χ0v) is 10.8. The van der Waals surface area contributed by atoms with Gasteiger partial charge in [0.15, 0.2) is 0 Å². The first-order valence-corrected chi connectivity index (χ1v) is 6.06. The zero-order valence-electron chi connectivity index (χ0n) is 10.8. The Balaban J connectivity index is 2.65. The number of amides is 1. The summed E-state index contributed by atoms with van der Waals surface area (Å²) in [5.74, 6) is -1.05. The topological polar surface area (TPSA) is 57.6 Å². The van der Waals surface area contributed by atoms with Gasteiger partial charge in [-0.1, -0.05) is 30.3 Å². The van der Waals surface area contributed by atoms with Crippen LogP contribution in [0.25, 0.3) is 0 Å². The van der Waals surface area contributed by atoms with Crippen LogP contribution in [0.1, 0.15) is 32.3 Å². The maximum absolute atomic E-state index is 12.0. The summed E-state index contributed by atoms with van der Waals surface area (Å²) in [5.41, 5.74) is 1.05. The van der Waals surface area contributed by atoms with Gasteiger partial charge in [0.1, 0.15) is 0 Å². The minimum Gasteiger partial charge on any atom is -0.481 e. The molecule has 18 heavy (non-hydrogen) atoms. The van der Waals surface area contributed by atoms with Crippen molar-refractivity contribution >= 4 is 11.9 Å². The highest BCUT2D eigenvalue weighted by atomic mass is 16.4. The molecule has 4 nitrogen and oxygen atoms in total. The van der Waals surface area contributed by atoms with Gasteiger partial charge in [0, 0.05) is 19.0 Å². The van der Waals surface area contributed by atoms with Crippen molar-refractivity contribution in [3.8, 4) is 0 Å². The Labute approximate surface area is 107 Å². The summed E-state index contributed by atoms with van der Waals surface area (Å²) < 4.78 is 0. The number of hydrogen-bond acceptors (Lipinski definition) is 2. The number of nitrogens with zero attached hydrogens (tertiary/aromatic N) is 1. The number of aliphatic carboxylic acids is 1.